The second-order valence-electron chi connectivity index (χ2n) is 9.11. The van der Waals surface area contributed by atoms with Crippen molar-refractivity contribution in [2.75, 3.05) is 10.2 Å². The van der Waals surface area contributed by atoms with Crippen molar-refractivity contribution in [3.63, 3.8) is 0 Å². The molecule has 210 valence electrons. The largest absolute Gasteiger partial charge is 0.478 e. The molecule has 4 amide bonds. The lowest BCUT2D eigenvalue weighted by Crippen LogP contribution is -2.31. The molecule has 1 saturated heterocycles. The number of benzene rings is 3. The molecule has 0 radical (unpaired) electrons. The van der Waals surface area contributed by atoms with E-state index in [2.05, 4.69) is 10.6 Å². The minimum atomic E-state index is -1.10. The van der Waals surface area contributed by atoms with Gasteiger partial charge in [-0.2, -0.15) is 0 Å². The number of nitrogens with one attached hydrogen (secondary N) is 2. The predicted octanol–water partition coefficient (Wildman–Crippen LogP) is 5.28. The first-order valence-electron chi connectivity index (χ1n) is 12.7. The number of carbonyl (C=O) groups excluding carboxylic acids is 4. The van der Waals surface area contributed by atoms with Gasteiger partial charge in [-0.05, 0) is 72.1 Å². The highest BCUT2D eigenvalue weighted by atomic mass is 32.2. The van der Waals surface area contributed by atoms with E-state index in [1.54, 1.807) is 60.7 Å². The number of carboxylic acids is 1. The second-order valence-corrected chi connectivity index (χ2v) is 11.4. The number of rotatable bonds is 9. The van der Waals surface area contributed by atoms with E-state index in [9.17, 15) is 24.0 Å². The van der Waals surface area contributed by atoms with Gasteiger partial charge >= 0.3 is 5.97 Å². The van der Waals surface area contributed by atoms with Gasteiger partial charge in [0.25, 0.3) is 11.8 Å². The molecule has 9 nitrogen and oxygen atoms in total. The SMILES string of the molecule is O=C(Nc1cccc(S[C@@H]2CC(=O)N(c3ccc(C(=O)O)cc3)C2=O)c1)/C(=C/c1cccs1)NC(=O)c1ccccc1. The fourth-order valence-corrected chi connectivity index (χ4v) is 5.96. The van der Waals surface area contributed by atoms with Crippen LogP contribution in [0.1, 0.15) is 32.0 Å². The van der Waals surface area contributed by atoms with E-state index in [1.807, 2.05) is 17.5 Å². The quantitative estimate of drug-likeness (QED) is 0.177. The third kappa shape index (κ3) is 6.65. The molecule has 0 bridgehead atoms. The third-order valence-corrected chi connectivity index (χ3v) is 8.20. The molecule has 0 unspecified atom stereocenters. The molecular weight excluding hydrogens is 574 g/mol. The van der Waals surface area contributed by atoms with Gasteiger partial charge in [-0.15, -0.1) is 23.1 Å². The van der Waals surface area contributed by atoms with Crippen LogP contribution in [0.15, 0.2) is 107 Å². The van der Waals surface area contributed by atoms with Crippen LogP contribution in [-0.2, 0) is 14.4 Å². The van der Waals surface area contributed by atoms with Crippen LogP contribution in [0.2, 0.25) is 0 Å². The molecule has 1 fully saturated rings. The van der Waals surface area contributed by atoms with Crippen LogP contribution in [0, 0.1) is 0 Å². The number of hydrogen-bond donors (Lipinski definition) is 3. The minimum absolute atomic E-state index is 0.0278. The summed E-state index contributed by atoms with van der Waals surface area (Å²) in [6.07, 6.45) is 1.57. The number of carboxylic acid groups (broad SMARTS) is 1. The van der Waals surface area contributed by atoms with Crippen molar-refractivity contribution in [1.29, 1.82) is 0 Å². The van der Waals surface area contributed by atoms with Gasteiger partial charge in [0.2, 0.25) is 11.8 Å². The van der Waals surface area contributed by atoms with Gasteiger partial charge in [0, 0.05) is 27.4 Å². The normalized spacial score (nSPS) is 15.0. The Morgan fingerprint density at radius 3 is 2.36 bits per heavy atom. The average molecular weight is 598 g/mol. The van der Waals surface area contributed by atoms with E-state index < -0.39 is 28.9 Å². The maximum Gasteiger partial charge on any atom is 0.335 e. The van der Waals surface area contributed by atoms with Gasteiger partial charge in [-0.3, -0.25) is 19.2 Å². The number of hydrogen-bond acceptors (Lipinski definition) is 7. The number of amides is 4. The van der Waals surface area contributed by atoms with Crippen LogP contribution < -0.4 is 15.5 Å². The zero-order valence-corrected chi connectivity index (χ0v) is 23.5. The Hall–Kier alpha value is -5.00. The van der Waals surface area contributed by atoms with Gasteiger partial charge in [0.05, 0.1) is 16.5 Å². The van der Waals surface area contributed by atoms with Gasteiger partial charge in [-0.25, -0.2) is 9.69 Å². The lowest BCUT2D eigenvalue weighted by Gasteiger charge is -2.15. The highest BCUT2D eigenvalue weighted by molar-refractivity contribution is 8.00. The van der Waals surface area contributed by atoms with Crippen molar-refractivity contribution < 1.29 is 29.1 Å². The van der Waals surface area contributed by atoms with Gasteiger partial charge in [0.1, 0.15) is 5.70 Å². The van der Waals surface area contributed by atoms with Crippen molar-refractivity contribution in [1.82, 2.24) is 5.32 Å². The summed E-state index contributed by atoms with van der Waals surface area (Å²) in [5.41, 5.74) is 1.26. The summed E-state index contributed by atoms with van der Waals surface area (Å²) in [7, 11) is 0. The summed E-state index contributed by atoms with van der Waals surface area (Å²) in [5.74, 6) is -2.86. The van der Waals surface area contributed by atoms with Crippen molar-refractivity contribution in [2.45, 2.75) is 16.6 Å². The Kier molecular flexibility index (Phi) is 8.60. The summed E-state index contributed by atoms with van der Waals surface area (Å²) in [6, 6.07) is 24.6. The summed E-state index contributed by atoms with van der Waals surface area (Å²) in [6.45, 7) is 0. The van der Waals surface area contributed by atoms with Crippen molar-refractivity contribution in [2.24, 2.45) is 0 Å². The number of imide groups is 1. The molecule has 3 N–H and O–H groups in total. The number of nitrogens with zero attached hydrogens (tertiary/aromatic N) is 1. The molecule has 1 aliphatic rings. The first-order chi connectivity index (χ1) is 20.3. The summed E-state index contributed by atoms with van der Waals surface area (Å²) < 4.78 is 0. The van der Waals surface area contributed by atoms with E-state index >= 15 is 0 Å². The van der Waals surface area contributed by atoms with E-state index in [1.165, 1.54) is 47.4 Å². The Balaban J connectivity index is 1.29. The molecule has 1 aromatic heterocycles. The Bertz CT molecular complexity index is 1690. The van der Waals surface area contributed by atoms with E-state index in [0.717, 1.165) is 9.78 Å². The standard InChI is InChI=1S/C31H23N3O6S2/c35-27-18-26(30(38)34(27)22-13-11-20(12-14-22)31(39)40)42-24-9-4-8-21(16-24)32-29(37)25(17-23-10-5-15-41-23)33-28(36)19-6-2-1-3-7-19/h1-17,26H,18H2,(H,32,37)(H,33,36)(H,39,40)/b25-17-/t26-/m1/s1. The number of carbonyl (C=O) groups is 5. The van der Waals surface area contributed by atoms with Gasteiger partial charge < -0.3 is 15.7 Å². The highest BCUT2D eigenvalue weighted by Gasteiger charge is 2.40. The number of aromatic carboxylic acids is 1. The Morgan fingerprint density at radius 1 is 0.905 bits per heavy atom. The Morgan fingerprint density at radius 2 is 1.67 bits per heavy atom. The van der Waals surface area contributed by atoms with Crippen molar-refractivity contribution in [3.05, 3.63) is 118 Å². The van der Waals surface area contributed by atoms with Crippen LogP contribution in [0.5, 0.6) is 0 Å². The molecule has 4 aromatic rings. The molecule has 2 heterocycles. The molecule has 1 aliphatic heterocycles. The van der Waals surface area contributed by atoms with E-state index in [4.69, 9.17) is 5.11 Å². The number of anilines is 2. The third-order valence-electron chi connectivity index (χ3n) is 6.21. The first-order valence-corrected chi connectivity index (χ1v) is 14.4. The molecule has 1 atom stereocenters. The molecule has 0 saturated carbocycles. The first kappa shape index (κ1) is 28.5. The molecule has 0 spiro atoms. The summed E-state index contributed by atoms with van der Waals surface area (Å²) >= 11 is 2.61. The maximum absolute atomic E-state index is 13.3. The van der Waals surface area contributed by atoms with Crippen LogP contribution in [-0.4, -0.2) is 40.0 Å². The zero-order valence-electron chi connectivity index (χ0n) is 21.9. The lowest BCUT2D eigenvalue weighted by molar-refractivity contribution is -0.121. The van der Waals surface area contributed by atoms with Crippen molar-refractivity contribution >= 4 is 70.1 Å². The fraction of sp³-hybridized carbons (Fsp3) is 0.0645. The van der Waals surface area contributed by atoms with Gasteiger partial charge in [-0.1, -0.05) is 30.3 Å². The maximum atomic E-state index is 13.3. The lowest BCUT2D eigenvalue weighted by atomic mass is 10.2. The topological polar surface area (TPSA) is 133 Å². The van der Waals surface area contributed by atoms with Crippen molar-refractivity contribution in [3.8, 4) is 0 Å². The van der Waals surface area contributed by atoms with E-state index in [-0.39, 0.29) is 23.6 Å². The Labute approximate surface area is 248 Å². The number of thioether (sulfide) groups is 1. The fourth-order valence-electron chi connectivity index (χ4n) is 4.19. The highest BCUT2D eigenvalue weighted by Crippen LogP contribution is 2.35. The summed E-state index contributed by atoms with van der Waals surface area (Å²) in [4.78, 5) is 65.5. The van der Waals surface area contributed by atoms with Crippen LogP contribution in [0.4, 0.5) is 11.4 Å². The average Bonchev–Trinajstić information content (AvgIpc) is 3.60. The van der Waals surface area contributed by atoms with E-state index in [0.29, 0.717) is 21.8 Å². The molecule has 42 heavy (non-hydrogen) atoms. The summed E-state index contributed by atoms with van der Waals surface area (Å²) in [5, 5.41) is 15.8. The molecular formula is C31H23N3O6S2. The smallest absolute Gasteiger partial charge is 0.335 e. The van der Waals surface area contributed by atoms with Gasteiger partial charge in [0.15, 0.2) is 0 Å². The molecule has 0 aliphatic carbocycles. The zero-order chi connectivity index (χ0) is 29.6. The molecule has 5 rings (SSSR count). The second kappa shape index (κ2) is 12.7. The van der Waals surface area contributed by atoms with Crippen LogP contribution >= 0.6 is 23.1 Å². The number of thiophene rings is 1. The molecule has 3 aromatic carbocycles. The van der Waals surface area contributed by atoms with Crippen LogP contribution in [0.25, 0.3) is 6.08 Å². The minimum Gasteiger partial charge on any atom is -0.478 e. The monoisotopic (exact) mass is 597 g/mol. The van der Waals surface area contributed by atoms with Crippen LogP contribution in [0.3, 0.4) is 0 Å². The molecule has 11 heteroatoms. The predicted molar refractivity (Wildman–Crippen MR) is 161 cm³/mol.